The van der Waals surface area contributed by atoms with E-state index in [0.717, 1.165) is 35.2 Å². The number of benzene rings is 1. The van der Waals surface area contributed by atoms with Crippen LogP contribution in [-0.2, 0) is 6.54 Å². The molecule has 0 aliphatic carbocycles. The maximum Gasteiger partial charge on any atom is 0.134 e. The fourth-order valence-electron chi connectivity index (χ4n) is 1.49. The molecule has 2 nitrogen and oxygen atoms in total. The van der Waals surface area contributed by atoms with E-state index in [2.05, 4.69) is 12.2 Å². The molecule has 0 spiro atoms. The molecular weight excluding hydrogens is 257 g/mol. The first kappa shape index (κ1) is 14.1. The zero-order chi connectivity index (χ0) is 11.4. The Morgan fingerprint density at radius 3 is 2.47 bits per heavy atom. The van der Waals surface area contributed by atoms with Gasteiger partial charge in [0.25, 0.3) is 0 Å². The van der Waals surface area contributed by atoms with Crippen LogP contribution in [-0.4, -0.2) is 6.54 Å². The first-order chi connectivity index (χ1) is 7.79. The molecule has 0 saturated heterocycles. The lowest BCUT2D eigenvalue weighted by molar-refractivity contribution is 0.498. The minimum absolute atomic E-state index is 0. The van der Waals surface area contributed by atoms with Crippen LogP contribution in [0.4, 0.5) is 0 Å². The van der Waals surface area contributed by atoms with E-state index in [1.54, 1.807) is 0 Å². The van der Waals surface area contributed by atoms with Gasteiger partial charge in [-0.15, -0.1) is 12.4 Å². The minimum atomic E-state index is 0. The molecule has 0 fully saturated rings. The van der Waals surface area contributed by atoms with Gasteiger partial charge >= 0.3 is 0 Å². The van der Waals surface area contributed by atoms with Crippen LogP contribution in [0.5, 0.6) is 0 Å². The van der Waals surface area contributed by atoms with Crippen molar-refractivity contribution in [3.63, 3.8) is 0 Å². The standard InChI is InChI=1S/C13H14ClNO.ClH/c1-2-15-9-12-7-8-13(16-12)10-3-5-11(14)6-4-10;/h3-8,15H,2,9H2,1H3;1H. The maximum atomic E-state index is 5.83. The Kier molecular flexibility index (Phi) is 5.56. The molecule has 0 unspecified atom stereocenters. The van der Waals surface area contributed by atoms with Gasteiger partial charge in [-0.05, 0) is 42.9 Å². The fourth-order valence-corrected chi connectivity index (χ4v) is 1.62. The van der Waals surface area contributed by atoms with Crippen LogP contribution >= 0.6 is 24.0 Å². The van der Waals surface area contributed by atoms with E-state index in [9.17, 15) is 0 Å². The van der Waals surface area contributed by atoms with Gasteiger partial charge in [0, 0.05) is 10.6 Å². The quantitative estimate of drug-likeness (QED) is 0.905. The third kappa shape index (κ3) is 3.77. The largest absolute Gasteiger partial charge is 0.460 e. The third-order valence-electron chi connectivity index (χ3n) is 2.34. The molecule has 17 heavy (non-hydrogen) atoms. The van der Waals surface area contributed by atoms with Crippen molar-refractivity contribution in [2.24, 2.45) is 0 Å². The molecule has 1 aromatic heterocycles. The summed E-state index contributed by atoms with van der Waals surface area (Å²) in [4.78, 5) is 0. The van der Waals surface area contributed by atoms with Gasteiger partial charge in [-0.1, -0.05) is 18.5 Å². The summed E-state index contributed by atoms with van der Waals surface area (Å²) in [5, 5.41) is 3.96. The summed E-state index contributed by atoms with van der Waals surface area (Å²) >= 11 is 5.83. The van der Waals surface area contributed by atoms with Gasteiger partial charge in [-0.25, -0.2) is 0 Å². The van der Waals surface area contributed by atoms with Gasteiger partial charge in [0.15, 0.2) is 0 Å². The predicted octanol–water partition coefficient (Wildman–Crippen LogP) is 4.13. The maximum absolute atomic E-state index is 5.83. The molecule has 1 N–H and O–H groups in total. The molecule has 0 bridgehead atoms. The SMILES string of the molecule is CCNCc1ccc(-c2ccc(Cl)cc2)o1.Cl. The molecule has 1 heterocycles. The van der Waals surface area contributed by atoms with E-state index in [1.807, 2.05) is 36.4 Å². The van der Waals surface area contributed by atoms with Gasteiger partial charge in [0.1, 0.15) is 11.5 Å². The van der Waals surface area contributed by atoms with Crippen molar-refractivity contribution in [1.29, 1.82) is 0 Å². The fraction of sp³-hybridized carbons (Fsp3) is 0.231. The molecule has 0 aliphatic rings. The van der Waals surface area contributed by atoms with Crippen LogP contribution < -0.4 is 5.32 Å². The molecule has 92 valence electrons. The smallest absolute Gasteiger partial charge is 0.134 e. The molecule has 0 aliphatic heterocycles. The molecular formula is C13H15Cl2NO. The summed E-state index contributed by atoms with van der Waals surface area (Å²) in [5.74, 6) is 1.83. The average molecular weight is 272 g/mol. The summed E-state index contributed by atoms with van der Waals surface area (Å²) < 4.78 is 5.71. The summed E-state index contributed by atoms with van der Waals surface area (Å²) in [5.41, 5.74) is 1.05. The zero-order valence-electron chi connectivity index (χ0n) is 9.57. The average Bonchev–Trinajstić information content (AvgIpc) is 2.76. The summed E-state index contributed by atoms with van der Waals surface area (Å²) in [7, 11) is 0. The lowest BCUT2D eigenvalue weighted by Gasteiger charge is -1.98. The number of halogens is 2. The topological polar surface area (TPSA) is 25.2 Å². The summed E-state index contributed by atoms with van der Waals surface area (Å²) in [6.45, 7) is 3.78. The Hall–Kier alpha value is -0.960. The van der Waals surface area contributed by atoms with Gasteiger partial charge in [0.05, 0.1) is 6.54 Å². The van der Waals surface area contributed by atoms with Gasteiger partial charge in [0.2, 0.25) is 0 Å². The minimum Gasteiger partial charge on any atom is -0.460 e. The Morgan fingerprint density at radius 2 is 1.82 bits per heavy atom. The third-order valence-corrected chi connectivity index (χ3v) is 2.59. The first-order valence-corrected chi connectivity index (χ1v) is 5.73. The second-order valence-corrected chi connectivity index (χ2v) is 3.99. The van der Waals surface area contributed by atoms with Crippen molar-refractivity contribution < 1.29 is 4.42 Å². The van der Waals surface area contributed by atoms with Crippen molar-refractivity contribution in [1.82, 2.24) is 5.32 Å². The van der Waals surface area contributed by atoms with E-state index in [0.29, 0.717) is 0 Å². The summed E-state index contributed by atoms with van der Waals surface area (Å²) in [6, 6.07) is 11.6. The Bertz CT molecular complexity index is 451. The number of hydrogen-bond donors (Lipinski definition) is 1. The van der Waals surface area contributed by atoms with Crippen LogP contribution in [0.15, 0.2) is 40.8 Å². The van der Waals surface area contributed by atoms with Gasteiger partial charge in [-0.2, -0.15) is 0 Å². The van der Waals surface area contributed by atoms with E-state index in [-0.39, 0.29) is 12.4 Å². The van der Waals surface area contributed by atoms with E-state index < -0.39 is 0 Å². The van der Waals surface area contributed by atoms with Crippen molar-refractivity contribution in [2.45, 2.75) is 13.5 Å². The van der Waals surface area contributed by atoms with E-state index in [1.165, 1.54) is 0 Å². The molecule has 2 aromatic rings. The normalized spacial score (nSPS) is 10.0. The number of rotatable bonds is 4. The number of furan rings is 1. The second kappa shape index (κ2) is 6.70. The van der Waals surface area contributed by atoms with Crippen LogP contribution in [0, 0.1) is 0 Å². The summed E-state index contributed by atoms with van der Waals surface area (Å²) in [6.07, 6.45) is 0. The lowest BCUT2D eigenvalue weighted by atomic mass is 10.2. The number of hydrogen-bond acceptors (Lipinski definition) is 2. The molecule has 0 saturated carbocycles. The predicted molar refractivity (Wildman–Crippen MR) is 73.8 cm³/mol. The van der Waals surface area contributed by atoms with Crippen LogP contribution in [0.25, 0.3) is 11.3 Å². The lowest BCUT2D eigenvalue weighted by Crippen LogP contribution is -2.10. The highest BCUT2D eigenvalue weighted by Crippen LogP contribution is 2.23. The van der Waals surface area contributed by atoms with Crippen molar-refractivity contribution in [3.05, 3.63) is 47.2 Å². The van der Waals surface area contributed by atoms with Crippen molar-refractivity contribution in [3.8, 4) is 11.3 Å². The van der Waals surface area contributed by atoms with E-state index in [4.69, 9.17) is 16.0 Å². The van der Waals surface area contributed by atoms with Crippen molar-refractivity contribution >= 4 is 24.0 Å². The number of nitrogens with one attached hydrogen (secondary N) is 1. The monoisotopic (exact) mass is 271 g/mol. The zero-order valence-corrected chi connectivity index (χ0v) is 11.1. The molecule has 0 amide bonds. The highest BCUT2D eigenvalue weighted by molar-refractivity contribution is 6.30. The van der Waals surface area contributed by atoms with Gasteiger partial charge in [-0.3, -0.25) is 0 Å². The Balaban J connectivity index is 0.00000144. The Morgan fingerprint density at radius 1 is 1.12 bits per heavy atom. The van der Waals surface area contributed by atoms with E-state index >= 15 is 0 Å². The Labute approximate surface area is 112 Å². The van der Waals surface area contributed by atoms with Gasteiger partial charge < -0.3 is 9.73 Å². The molecule has 0 radical (unpaired) electrons. The molecule has 0 atom stereocenters. The van der Waals surface area contributed by atoms with Crippen LogP contribution in [0.1, 0.15) is 12.7 Å². The first-order valence-electron chi connectivity index (χ1n) is 5.35. The van der Waals surface area contributed by atoms with Crippen molar-refractivity contribution in [2.75, 3.05) is 6.54 Å². The molecule has 2 rings (SSSR count). The highest BCUT2D eigenvalue weighted by Gasteiger charge is 2.03. The second-order valence-electron chi connectivity index (χ2n) is 3.55. The molecule has 1 aromatic carbocycles. The molecule has 4 heteroatoms. The van der Waals surface area contributed by atoms with Crippen LogP contribution in [0.2, 0.25) is 5.02 Å². The van der Waals surface area contributed by atoms with Crippen LogP contribution in [0.3, 0.4) is 0 Å². The highest BCUT2D eigenvalue weighted by atomic mass is 35.5.